The third kappa shape index (κ3) is 4.45. The van der Waals surface area contributed by atoms with E-state index in [1.807, 2.05) is 16.8 Å². The van der Waals surface area contributed by atoms with Crippen LogP contribution in [0.15, 0.2) is 35.7 Å². The van der Waals surface area contributed by atoms with E-state index in [2.05, 4.69) is 0 Å². The molecule has 1 amide bonds. The van der Waals surface area contributed by atoms with Gasteiger partial charge < -0.3 is 10.1 Å². The molecule has 1 aromatic heterocycles. The number of carbonyl (C=O) groups excluding carboxylic acids is 2. The van der Waals surface area contributed by atoms with E-state index < -0.39 is 41.1 Å². The summed E-state index contributed by atoms with van der Waals surface area (Å²) in [4.78, 5) is 24.3. The molecule has 1 heterocycles. The summed E-state index contributed by atoms with van der Waals surface area (Å²) < 4.78 is 44.3. The molecule has 2 aromatic rings. The lowest BCUT2D eigenvalue weighted by molar-refractivity contribution is -0.148. The standard InChI is InChI=1S/C16H12F3NO3S/c1-9(23-13(21)7-4-10-3-2-8-24-10)16(22)20-12-6-5-11(17)14(18)15(12)19/h2-9H,1H3,(H,20,22)/b7-4+/t9-/m0/s1. The number of thiophene rings is 1. The zero-order valence-electron chi connectivity index (χ0n) is 12.4. The lowest BCUT2D eigenvalue weighted by Crippen LogP contribution is -2.29. The van der Waals surface area contributed by atoms with Gasteiger partial charge in [0.2, 0.25) is 0 Å². The van der Waals surface area contributed by atoms with Crippen molar-refractivity contribution in [2.75, 3.05) is 5.32 Å². The Bertz CT molecular complexity index is 775. The number of halogens is 3. The van der Waals surface area contributed by atoms with Crippen LogP contribution in [0.3, 0.4) is 0 Å². The fourth-order valence-electron chi connectivity index (χ4n) is 1.66. The van der Waals surface area contributed by atoms with Crippen LogP contribution in [0.4, 0.5) is 18.9 Å². The Morgan fingerprint density at radius 3 is 2.62 bits per heavy atom. The average Bonchev–Trinajstić information content (AvgIpc) is 3.07. The Morgan fingerprint density at radius 2 is 1.96 bits per heavy atom. The predicted octanol–water partition coefficient (Wildman–Crippen LogP) is 3.75. The third-order valence-electron chi connectivity index (χ3n) is 2.88. The van der Waals surface area contributed by atoms with E-state index in [0.717, 1.165) is 17.0 Å². The van der Waals surface area contributed by atoms with E-state index >= 15 is 0 Å². The van der Waals surface area contributed by atoms with Gasteiger partial charge in [-0.1, -0.05) is 6.07 Å². The number of amides is 1. The van der Waals surface area contributed by atoms with Gasteiger partial charge in [0.05, 0.1) is 5.69 Å². The Hall–Kier alpha value is -2.61. The van der Waals surface area contributed by atoms with Gasteiger partial charge in [-0.15, -0.1) is 11.3 Å². The van der Waals surface area contributed by atoms with Crippen LogP contribution in [0.5, 0.6) is 0 Å². The second-order valence-corrected chi connectivity index (χ2v) is 5.62. The molecule has 0 aliphatic heterocycles. The van der Waals surface area contributed by atoms with Crippen LogP contribution >= 0.6 is 11.3 Å². The molecule has 1 atom stereocenters. The fraction of sp³-hybridized carbons (Fsp3) is 0.125. The van der Waals surface area contributed by atoms with Gasteiger partial charge in [0.25, 0.3) is 5.91 Å². The van der Waals surface area contributed by atoms with Crippen molar-refractivity contribution in [3.8, 4) is 0 Å². The first-order valence-corrected chi connectivity index (χ1v) is 7.63. The Kier molecular flexibility index (Phi) is 5.75. The summed E-state index contributed by atoms with van der Waals surface area (Å²) in [6.07, 6.45) is 1.42. The van der Waals surface area contributed by atoms with E-state index in [1.165, 1.54) is 24.3 Å². The maximum absolute atomic E-state index is 13.5. The molecule has 0 saturated carbocycles. The van der Waals surface area contributed by atoms with Crippen LogP contribution < -0.4 is 5.32 Å². The monoisotopic (exact) mass is 355 g/mol. The first kappa shape index (κ1) is 17.7. The highest BCUT2D eigenvalue weighted by molar-refractivity contribution is 7.10. The molecule has 0 bridgehead atoms. The van der Waals surface area contributed by atoms with Crippen LogP contribution in [0.25, 0.3) is 6.08 Å². The maximum atomic E-state index is 13.5. The van der Waals surface area contributed by atoms with Crippen molar-refractivity contribution in [2.45, 2.75) is 13.0 Å². The molecule has 0 aliphatic carbocycles. The van der Waals surface area contributed by atoms with Gasteiger partial charge in [-0.05, 0) is 36.6 Å². The van der Waals surface area contributed by atoms with Gasteiger partial charge in [0, 0.05) is 11.0 Å². The molecule has 4 nitrogen and oxygen atoms in total. The minimum Gasteiger partial charge on any atom is -0.449 e. The number of esters is 1. The van der Waals surface area contributed by atoms with Crippen molar-refractivity contribution in [3.05, 3.63) is 58.1 Å². The quantitative estimate of drug-likeness (QED) is 0.505. The molecule has 0 unspecified atom stereocenters. The van der Waals surface area contributed by atoms with Crippen LogP contribution in [-0.4, -0.2) is 18.0 Å². The third-order valence-corrected chi connectivity index (χ3v) is 3.72. The van der Waals surface area contributed by atoms with Gasteiger partial charge in [-0.2, -0.15) is 0 Å². The highest BCUT2D eigenvalue weighted by atomic mass is 32.1. The molecule has 2 rings (SSSR count). The Morgan fingerprint density at radius 1 is 1.21 bits per heavy atom. The molecule has 0 saturated heterocycles. The average molecular weight is 355 g/mol. The number of hydrogen-bond acceptors (Lipinski definition) is 4. The van der Waals surface area contributed by atoms with Crippen molar-refractivity contribution in [1.82, 2.24) is 0 Å². The van der Waals surface area contributed by atoms with Crippen molar-refractivity contribution in [2.24, 2.45) is 0 Å². The van der Waals surface area contributed by atoms with Crippen LogP contribution in [0, 0.1) is 17.5 Å². The Balaban J connectivity index is 1.95. The fourth-order valence-corrected chi connectivity index (χ4v) is 2.28. The summed E-state index contributed by atoms with van der Waals surface area (Å²) in [5.74, 6) is -6.24. The zero-order chi connectivity index (χ0) is 17.7. The molecule has 0 aliphatic rings. The number of ether oxygens (including phenoxy) is 1. The van der Waals surface area contributed by atoms with Crippen LogP contribution in [0.2, 0.25) is 0 Å². The predicted molar refractivity (Wildman–Crippen MR) is 83.9 cm³/mol. The summed E-state index contributed by atoms with van der Waals surface area (Å²) in [6, 6.07) is 5.14. The van der Waals surface area contributed by atoms with E-state index in [0.29, 0.717) is 6.07 Å². The second kappa shape index (κ2) is 7.78. The summed E-state index contributed by atoms with van der Waals surface area (Å²) in [6.45, 7) is 1.27. The van der Waals surface area contributed by atoms with E-state index in [-0.39, 0.29) is 0 Å². The minimum absolute atomic E-state index is 0.545. The van der Waals surface area contributed by atoms with Gasteiger partial charge in [-0.25, -0.2) is 18.0 Å². The van der Waals surface area contributed by atoms with Crippen molar-refractivity contribution in [3.63, 3.8) is 0 Å². The normalized spacial score (nSPS) is 12.2. The summed E-state index contributed by atoms with van der Waals surface area (Å²) in [5, 5.41) is 3.86. The molecule has 0 spiro atoms. The molecule has 8 heteroatoms. The maximum Gasteiger partial charge on any atom is 0.331 e. The van der Waals surface area contributed by atoms with Gasteiger partial charge in [0.15, 0.2) is 23.6 Å². The van der Waals surface area contributed by atoms with Crippen LogP contribution in [-0.2, 0) is 14.3 Å². The first-order chi connectivity index (χ1) is 11.4. The van der Waals surface area contributed by atoms with Crippen molar-refractivity contribution in [1.29, 1.82) is 0 Å². The smallest absolute Gasteiger partial charge is 0.331 e. The van der Waals surface area contributed by atoms with Crippen molar-refractivity contribution >= 4 is 35.0 Å². The first-order valence-electron chi connectivity index (χ1n) is 6.75. The summed E-state index contributed by atoms with van der Waals surface area (Å²) in [7, 11) is 0. The minimum atomic E-state index is -1.70. The van der Waals surface area contributed by atoms with E-state index in [4.69, 9.17) is 4.74 Å². The van der Waals surface area contributed by atoms with E-state index in [9.17, 15) is 22.8 Å². The number of benzene rings is 1. The molecule has 1 aromatic carbocycles. The van der Waals surface area contributed by atoms with Crippen LogP contribution in [0.1, 0.15) is 11.8 Å². The highest BCUT2D eigenvalue weighted by Crippen LogP contribution is 2.20. The SMILES string of the molecule is C[C@H](OC(=O)/C=C/c1cccs1)C(=O)Nc1ccc(F)c(F)c1F. The highest BCUT2D eigenvalue weighted by Gasteiger charge is 2.20. The second-order valence-electron chi connectivity index (χ2n) is 4.64. The lowest BCUT2D eigenvalue weighted by atomic mass is 10.2. The molecule has 0 radical (unpaired) electrons. The van der Waals surface area contributed by atoms with Crippen molar-refractivity contribution < 1.29 is 27.5 Å². The Labute approximate surface area is 139 Å². The van der Waals surface area contributed by atoms with Gasteiger partial charge in [0.1, 0.15) is 0 Å². The van der Waals surface area contributed by atoms with E-state index in [1.54, 1.807) is 6.07 Å². The number of rotatable bonds is 5. The molecule has 126 valence electrons. The lowest BCUT2D eigenvalue weighted by Gasteiger charge is -2.13. The largest absolute Gasteiger partial charge is 0.449 e. The molecular weight excluding hydrogens is 343 g/mol. The molecule has 0 fully saturated rings. The van der Waals surface area contributed by atoms with Gasteiger partial charge in [-0.3, -0.25) is 4.79 Å². The summed E-state index contributed by atoms with van der Waals surface area (Å²) in [5.41, 5.74) is -0.545. The zero-order valence-corrected chi connectivity index (χ0v) is 13.2. The number of hydrogen-bond donors (Lipinski definition) is 1. The van der Waals surface area contributed by atoms with Gasteiger partial charge >= 0.3 is 5.97 Å². The number of carbonyl (C=O) groups is 2. The topological polar surface area (TPSA) is 55.4 Å². The molecular formula is C16H12F3NO3S. The molecule has 1 N–H and O–H groups in total. The number of anilines is 1. The number of nitrogens with one attached hydrogen (secondary N) is 1. The molecule has 24 heavy (non-hydrogen) atoms. The summed E-state index contributed by atoms with van der Waals surface area (Å²) >= 11 is 1.41.